The van der Waals surface area contributed by atoms with Crippen molar-refractivity contribution in [2.24, 2.45) is 0 Å². The van der Waals surface area contributed by atoms with Crippen LogP contribution in [-0.4, -0.2) is 37.6 Å². The minimum Gasteiger partial charge on any atom is -0.339 e. The molecule has 0 radical (unpaired) electrons. The van der Waals surface area contributed by atoms with Gasteiger partial charge in [-0.2, -0.15) is 5.10 Å². The SMILES string of the molecule is CC(c1ccc(-n2cncn2)cc1)N(C)C(=O)Cc1csc(-c2ccc(F)cc2)n1. The number of nitrogens with zero attached hydrogens (tertiary/aromatic N) is 5. The lowest BCUT2D eigenvalue weighted by atomic mass is 10.1. The van der Waals surface area contributed by atoms with E-state index >= 15 is 0 Å². The maximum Gasteiger partial charge on any atom is 0.228 e. The number of aromatic nitrogens is 4. The first-order valence-electron chi connectivity index (χ1n) is 9.42. The van der Waals surface area contributed by atoms with Gasteiger partial charge in [-0.05, 0) is 48.9 Å². The van der Waals surface area contributed by atoms with Crippen LogP contribution in [0.1, 0.15) is 24.2 Å². The lowest BCUT2D eigenvalue weighted by Gasteiger charge is -2.25. The molecule has 2 aromatic heterocycles. The molecule has 152 valence electrons. The monoisotopic (exact) mass is 421 g/mol. The van der Waals surface area contributed by atoms with Gasteiger partial charge in [0.1, 0.15) is 23.5 Å². The zero-order chi connectivity index (χ0) is 21.1. The van der Waals surface area contributed by atoms with E-state index in [4.69, 9.17) is 0 Å². The van der Waals surface area contributed by atoms with Gasteiger partial charge in [-0.3, -0.25) is 4.79 Å². The molecule has 1 atom stereocenters. The molecule has 8 heteroatoms. The van der Waals surface area contributed by atoms with Crippen LogP contribution in [-0.2, 0) is 11.2 Å². The molecule has 0 spiro atoms. The highest BCUT2D eigenvalue weighted by atomic mass is 32.1. The summed E-state index contributed by atoms with van der Waals surface area (Å²) >= 11 is 1.45. The summed E-state index contributed by atoms with van der Waals surface area (Å²) in [5.41, 5.74) is 3.49. The Labute approximate surface area is 177 Å². The lowest BCUT2D eigenvalue weighted by Crippen LogP contribution is -2.31. The Morgan fingerprint density at radius 3 is 2.57 bits per heavy atom. The van der Waals surface area contributed by atoms with Crippen molar-refractivity contribution in [1.82, 2.24) is 24.6 Å². The van der Waals surface area contributed by atoms with Gasteiger partial charge in [-0.1, -0.05) is 12.1 Å². The quantitative estimate of drug-likeness (QED) is 0.466. The zero-order valence-electron chi connectivity index (χ0n) is 16.6. The van der Waals surface area contributed by atoms with Crippen molar-refractivity contribution in [3.05, 3.63) is 83.6 Å². The predicted octanol–water partition coefficient (Wildman–Crippen LogP) is 4.29. The largest absolute Gasteiger partial charge is 0.339 e. The maximum absolute atomic E-state index is 13.1. The van der Waals surface area contributed by atoms with Crippen molar-refractivity contribution < 1.29 is 9.18 Å². The zero-order valence-corrected chi connectivity index (χ0v) is 17.4. The Hall–Kier alpha value is -3.39. The van der Waals surface area contributed by atoms with Crippen LogP contribution >= 0.6 is 11.3 Å². The van der Waals surface area contributed by atoms with E-state index in [1.165, 1.54) is 29.8 Å². The Kier molecular flexibility index (Phi) is 5.67. The molecule has 2 heterocycles. The van der Waals surface area contributed by atoms with Crippen molar-refractivity contribution in [1.29, 1.82) is 0 Å². The third-order valence-corrected chi connectivity index (χ3v) is 5.95. The van der Waals surface area contributed by atoms with E-state index in [2.05, 4.69) is 15.1 Å². The Morgan fingerprint density at radius 2 is 1.90 bits per heavy atom. The van der Waals surface area contributed by atoms with Crippen LogP contribution in [0.15, 0.2) is 66.6 Å². The normalized spacial score (nSPS) is 12.0. The van der Waals surface area contributed by atoms with Crippen LogP contribution in [0.3, 0.4) is 0 Å². The van der Waals surface area contributed by atoms with Crippen molar-refractivity contribution in [3.63, 3.8) is 0 Å². The van der Waals surface area contributed by atoms with E-state index in [1.54, 1.807) is 35.1 Å². The molecule has 6 nitrogen and oxygen atoms in total. The van der Waals surface area contributed by atoms with Crippen LogP contribution in [0.25, 0.3) is 16.3 Å². The van der Waals surface area contributed by atoms with Gasteiger partial charge < -0.3 is 4.90 Å². The number of likely N-dealkylation sites (N-methyl/N-ethyl adjacent to an activating group) is 1. The Morgan fingerprint density at radius 1 is 1.17 bits per heavy atom. The molecule has 0 N–H and O–H groups in total. The molecule has 30 heavy (non-hydrogen) atoms. The fraction of sp³-hybridized carbons (Fsp3) is 0.182. The third kappa shape index (κ3) is 4.28. The molecule has 4 aromatic rings. The van der Waals surface area contributed by atoms with Gasteiger partial charge in [0.2, 0.25) is 5.91 Å². The van der Waals surface area contributed by atoms with Crippen LogP contribution in [0.5, 0.6) is 0 Å². The molecule has 0 aliphatic rings. The van der Waals surface area contributed by atoms with E-state index in [-0.39, 0.29) is 24.2 Å². The average molecular weight is 422 g/mol. The second-order valence-electron chi connectivity index (χ2n) is 6.94. The highest BCUT2D eigenvalue weighted by Crippen LogP contribution is 2.25. The van der Waals surface area contributed by atoms with Crippen molar-refractivity contribution in [2.45, 2.75) is 19.4 Å². The van der Waals surface area contributed by atoms with Crippen LogP contribution in [0, 0.1) is 5.82 Å². The number of carbonyl (C=O) groups is 1. The van der Waals surface area contributed by atoms with Gasteiger partial charge in [0.25, 0.3) is 0 Å². The summed E-state index contributed by atoms with van der Waals surface area (Å²) in [6.45, 7) is 1.99. The summed E-state index contributed by atoms with van der Waals surface area (Å²) in [7, 11) is 1.80. The molecule has 0 saturated heterocycles. The smallest absolute Gasteiger partial charge is 0.228 e. The molecule has 0 aliphatic heterocycles. The number of hydrogen-bond donors (Lipinski definition) is 0. The van der Waals surface area contributed by atoms with Crippen LogP contribution < -0.4 is 0 Å². The van der Waals surface area contributed by atoms with E-state index in [9.17, 15) is 9.18 Å². The lowest BCUT2D eigenvalue weighted by molar-refractivity contribution is -0.131. The summed E-state index contributed by atoms with van der Waals surface area (Å²) in [5.74, 6) is -0.297. The van der Waals surface area contributed by atoms with Gasteiger partial charge in [0.05, 0.1) is 23.8 Å². The van der Waals surface area contributed by atoms with E-state index in [1.807, 2.05) is 36.6 Å². The van der Waals surface area contributed by atoms with Gasteiger partial charge in [-0.15, -0.1) is 11.3 Å². The molecule has 2 aromatic carbocycles. The topological polar surface area (TPSA) is 63.9 Å². The molecule has 4 rings (SSSR count). The first kappa shape index (κ1) is 19.9. The molecule has 0 fully saturated rings. The Bertz CT molecular complexity index is 1120. The number of halogens is 1. The average Bonchev–Trinajstić information content (AvgIpc) is 3.46. The Balaban J connectivity index is 1.41. The molecule has 0 bridgehead atoms. The minimum absolute atomic E-state index is 0.0150. The fourth-order valence-corrected chi connectivity index (χ4v) is 3.91. The van der Waals surface area contributed by atoms with Gasteiger partial charge in [0.15, 0.2) is 0 Å². The first-order chi connectivity index (χ1) is 14.5. The number of benzene rings is 2. The number of hydrogen-bond acceptors (Lipinski definition) is 5. The highest BCUT2D eigenvalue weighted by Gasteiger charge is 2.19. The van der Waals surface area contributed by atoms with Crippen molar-refractivity contribution in [3.8, 4) is 16.3 Å². The maximum atomic E-state index is 13.1. The number of carbonyl (C=O) groups excluding carboxylic acids is 1. The van der Waals surface area contributed by atoms with Gasteiger partial charge in [-0.25, -0.2) is 19.0 Å². The number of rotatable bonds is 6. The summed E-state index contributed by atoms with van der Waals surface area (Å²) < 4.78 is 14.8. The molecule has 0 saturated carbocycles. The van der Waals surface area contributed by atoms with Gasteiger partial charge in [0, 0.05) is 18.0 Å². The van der Waals surface area contributed by atoms with Gasteiger partial charge >= 0.3 is 0 Å². The molecule has 0 aliphatic carbocycles. The number of amides is 1. The number of thiazole rings is 1. The first-order valence-corrected chi connectivity index (χ1v) is 10.3. The fourth-order valence-electron chi connectivity index (χ4n) is 3.08. The second kappa shape index (κ2) is 8.54. The standard InChI is InChI=1S/C22H20FN5OS/c1-15(16-5-9-20(10-6-16)28-14-24-13-25-28)27(2)21(29)11-19-12-30-22(26-19)17-3-7-18(23)8-4-17/h3-10,12-15H,11H2,1-2H3. The predicted molar refractivity (Wildman–Crippen MR) is 114 cm³/mol. The summed E-state index contributed by atoms with van der Waals surface area (Å²) in [5, 5.41) is 6.77. The van der Waals surface area contributed by atoms with Crippen molar-refractivity contribution in [2.75, 3.05) is 7.05 Å². The molecular weight excluding hydrogens is 401 g/mol. The molecule has 1 unspecified atom stereocenters. The summed E-state index contributed by atoms with van der Waals surface area (Å²) in [6, 6.07) is 14.0. The van der Waals surface area contributed by atoms with Crippen LogP contribution in [0.2, 0.25) is 0 Å². The van der Waals surface area contributed by atoms with Crippen LogP contribution in [0.4, 0.5) is 4.39 Å². The highest BCUT2D eigenvalue weighted by molar-refractivity contribution is 7.13. The van der Waals surface area contributed by atoms with E-state index < -0.39 is 0 Å². The third-order valence-electron chi connectivity index (χ3n) is 5.01. The van der Waals surface area contributed by atoms with E-state index in [0.717, 1.165) is 21.8 Å². The minimum atomic E-state index is -0.282. The molecular formula is C22H20FN5OS. The van der Waals surface area contributed by atoms with E-state index in [0.29, 0.717) is 5.69 Å². The summed E-state index contributed by atoms with van der Waals surface area (Å²) in [4.78, 5) is 23.0. The molecule has 1 amide bonds. The van der Waals surface area contributed by atoms with Crippen molar-refractivity contribution >= 4 is 17.2 Å². The second-order valence-corrected chi connectivity index (χ2v) is 7.80. The summed E-state index contributed by atoms with van der Waals surface area (Å²) in [6.07, 6.45) is 3.35.